The van der Waals surface area contributed by atoms with Crippen LogP contribution in [0, 0.1) is 10.1 Å². The molecule has 0 aliphatic heterocycles. The van der Waals surface area contributed by atoms with E-state index in [1.54, 1.807) is 6.07 Å². The van der Waals surface area contributed by atoms with Gasteiger partial charge in [-0.05, 0) is 18.2 Å². The molecule has 0 saturated heterocycles. The van der Waals surface area contributed by atoms with Crippen molar-refractivity contribution in [1.82, 2.24) is 4.90 Å². The van der Waals surface area contributed by atoms with Gasteiger partial charge in [-0.1, -0.05) is 29.8 Å². The highest BCUT2D eigenvalue weighted by Gasteiger charge is 2.22. The first kappa shape index (κ1) is 20.1. The molecule has 0 aliphatic carbocycles. The summed E-state index contributed by atoms with van der Waals surface area (Å²) < 4.78 is 4.95. The van der Waals surface area contributed by atoms with Gasteiger partial charge in [-0.3, -0.25) is 19.7 Å². The molecule has 1 amide bonds. The number of rotatable bonds is 6. The highest BCUT2D eigenvalue weighted by Crippen LogP contribution is 2.27. The molecular formula is C18H15ClN2O6. The van der Waals surface area contributed by atoms with Crippen molar-refractivity contribution in [2.45, 2.75) is 0 Å². The van der Waals surface area contributed by atoms with Crippen LogP contribution in [0.25, 0.3) is 0 Å². The summed E-state index contributed by atoms with van der Waals surface area (Å²) in [4.78, 5) is 48.2. The van der Waals surface area contributed by atoms with E-state index in [1.165, 1.54) is 49.3 Å². The first-order chi connectivity index (χ1) is 12.7. The van der Waals surface area contributed by atoms with E-state index >= 15 is 0 Å². The van der Waals surface area contributed by atoms with E-state index in [9.17, 15) is 24.5 Å². The average Bonchev–Trinajstić information content (AvgIpc) is 2.65. The number of halogens is 1. The summed E-state index contributed by atoms with van der Waals surface area (Å²) in [6, 6.07) is 9.46. The molecule has 2 rings (SSSR count). The summed E-state index contributed by atoms with van der Waals surface area (Å²) in [6.45, 7) is -0.471. The summed E-state index contributed by atoms with van der Waals surface area (Å²) in [6.07, 6.45) is 0. The Hall–Kier alpha value is -3.26. The minimum absolute atomic E-state index is 0.00331. The lowest BCUT2D eigenvalue weighted by Crippen LogP contribution is -2.28. The first-order valence-electron chi connectivity index (χ1n) is 7.67. The second-order valence-corrected chi connectivity index (χ2v) is 6.07. The predicted molar refractivity (Wildman–Crippen MR) is 97.0 cm³/mol. The lowest BCUT2D eigenvalue weighted by Gasteiger charge is -2.12. The van der Waals surface area contributed by atoms with Crippen LogP contribution in [-0.2, 0) is 9.53 Å². The van der Waals surface area contributed by atoms with Crippen molar-refractivity contribution in [2.75, 3.05) is 20.7 Å². The van der Waals surface area contributed by atoms with E-state index in [0.29, 0.717) is 0 Å². The molecule has 140 valence electrons. The highest BCUT2D eigenvalue weighted by molar-refractivity contribution is 6.33. The van der Waals surface area contributed by atoms with E-state index in [1.807, 2.05) is 0 Å². The standard InChI is InChI=1S/C18H15ClN2O6/c1-20(2)16(22)10-27-18(24)13-6-4-3-5-12(13)17(23)11-7-8-14(19)15(9-11)21(25)26/h3-9H,10H2,1-2H3. The fourth-order valence-corrected chi connectivity index (χ4v) is 2.33. The molecule has 0 radical (unpaired) electrons. The van der Waals surface area contributed by atoms with Crippen LogP contribution in [0.3, 0.4) is 0 Å². The van der Waals surface area contributed by atoms with E-state index in [0.717, 1.165) is 6.07 Å². The number of carbonyl (C=O) groups is 3. The van der Waals surface area contributed by atoms with Crippen molar-refractivity contribution in [3.63, 3.8) is 0 Å². The third-order valence-corrected chi connectivity index (χ3v) is 3.94. The average molecular weight is 391 g/mol. The molecule has 8 nitrogen and oxygen atoms in total. The highest BCUT2D eigenvalue weighted by atomic mass is 35.5. The van der Waals surface area contributed by atoms with Crippen LogP contribution in [0.4, 0.5) is 5.69 Å². The molecule has 0 unspecified atom stereocenters. The minimum atomic E-state index is -0.849. The second kappa shape index (κ2) is 8.41. The quantitative estimate of drug-likeness (QED) is 0.325. The Morgan fingerprint density at radius 1 is 1.11 bits per heavy atom. The van der Waals surface area contributed by atoms with E-state index in [-0.39, 0.29) is 21.7 Å². The van der Waals surface area contributed by atoms with Gasteiger partial charge in [0.15, 0.2) is 12.4 Å². The molecule has 0 saturated carbocycles. The molecule has 27 heavy (non-hydrogen) atoms. The molecule has 0 N–H and O–H groups in total. The summed E-state index contributed by atoms with van der Waals surface area (Å²) in [5.74, 6) is -1.88. The van der Waals surface area contributed by atoms with Gasteiger partial charge in [0.25, 0.3) is 11.6 Å². The normalized spacial score (nSPS) is 10.2. The number of nitrogens with zero attached hydrogens (tertiary/aromatic N) is 2. The van der Waals surface area contributed by atoms with Crippen LogP contribution in [0.1, 0.15) is 26.3 Å². The molecule has 0 fully saturated rings. The van der Waals surface area contributed by atoms with Crippen LogP contribution in [-0.4, -0.2) is 48.2 Å². The van der Waals surface area contributed by atoms with Crippen molar-refractivity contribution >= 4 is 34.9 Å². The molecule has 0 heterocycles. The van der Waals surface area contributed by atoms with Crippen LogP contribution in [0.2, 0.25) is 5.02 Å². The van der Waals surface area contributed by atoms with Gasteiger partial charge in [0.2, 0.25) is 0 Å². The number of carbonyl (C=O) groups excluding carboxylic acids is 3. The zero-order chi connectivity index (χ0) is 20.1. The van der Waals surface area contributed by atoms with E-state index in [2.05, 4.69) is 0 Å². The van der Waals surface area contributed by atoms with Crippen LogP contribution >= 0.6 is 11.6 Å². The topological polar surface area (TPSA) is 107 Å². The zero-order valence-corrected chi connectivity index (χ0v) is 15.2. The molecule has 0 atom stereocenters. The Labute approximate surface area is 159 Å². The largest absolute Gasteiger partial charge is 0.452 e. The number of hydrogen-bond donors (Lipinski definition) is 0. The van der Waals surface area contributed by atoms with Gasteiger partial charge in [-0.25, -0.2) is 4.79 Å². The van der Waals surface area contributed by atoms with Crippen molar-refractivity contribution in [3.05, 3.63) is 74.3 Å². The Morgan fingerprint density at radius 3 is 2.33 bits per heavy atom. The van der Waals surface area contributed by atoms with Gasteiger partial charge in [0.1, 0.15) is 5.02 Å². The molecule has 2 aromatic carbocycles. The molecule has 9 heteroatoms. The third kappa shape index (κ3) is 4.68. The Balaban J connectivity index is 2.33. The van der Waals surface area contributed by atoms with Crippen LogP contribution in [0.5, 0.6) is 0 Å². The number of nitro benzene ring substituents is 1. The number of ketones is 1. The van der Waals surface area contributed by atoms with Gasteiger partial charge in [0, 0.05) is 31.3 Å². The monoisotopic (exact) mass is 390 g/mol. The SMILES string of the molecule is CN(C)C(=O)COC(=O)c1ccccc1C(=O)c1ccc(Cl)c([N+](=O)[O-])c1. The number of nitro groups is 1. The summed E-state index contributed by atoms with van der Waals surface area (Å²) in [5.41, 5.74) is -0.474. The fraction of sp³-hybridized carbons (Fsp3) is 0.167. The number of ether oxygens (including phenoxy) is 1. The van der Waals surface area contributed by atoms with Crippen molar-refractivity contribution in [3.8, 4) is 0 Å². The zero-order valence-electron chi connectivity index (χ0n) is 14.5. The van der Waals surface area contributed by atoms with E-state index < -0.39 is 34.9 Å². The number of benzene rings is 2. The molecule has 2 aromatic rings. The first-order valence-corrected chi connectivity index (χ1v) is 8.05. The summed E-state index contributed by atoms with van der Waals surface area (Å²) in [5, 5.41) is 10.9. The predicted octanol–water partition coefficient (Wildman–Crippen LogP) is 2.72. The van der Waals surface area contributed by atoms with Crippen molar-refractivity contribution < 1.29 is 24.0 Å². The van der Waals surface area contributed by atoms with Crippen molar-refractivity contribution in [2.24, 2.45) is 0 Å². The number of esters is 1. The number of amides is 1. The van der Waals surface area contributed by atoms with Gasteiger partial charge in [-0.15, -0.1) is 0 Å². The molecule has 0 spiro atoms. The maximum Gasteiger partial charge on any atom is 0.339 e. The lowest BCUT2D eigenvalue weighted by atomic mass is 9.98. The van der Waals surface area contributed by atoms with Crippen molar-refractivity contribution in [1.29, 1.82) is 0 Å². The molecular weight excluding hydrogens is 376 g/mol. The van der Waals surface area contributed by atoms with Gasteiger partial charge in [0.05, 0.1) is 10.5 Å². The Bertz CT molecular complexity index is 926. The smallest absolute Gasteiger partial charge is 0.339 e. The lowest BCUT2D eigenvalue weighted by molar-refractivity contribution is -0.384. The fourth-order valence-electron chi connectivity index (χ4n) is 2.14. The Morgan fingerprint density at radius 2 is 1.74 bits per heavy atom. The minimum Gasteiger partial charge on any atom is -0.452 e. The van der Waals surface area contributed by atoms with E-state index in [4.69, 9.17) is 16.3 Å². The number of hydrogen-bond acceptors (Lipinski definition) is 6. The van der Waals surface area contributed by atoms with Gasteiger partial charge in [-0.2, -0.15) is 0 Å². The maximum atomic E-state index is 12.8. The second-order valence-electron chi connectivity index (χ2n) is 5.66. The van der Waals surface area contributed by atoms with Gasteiger partial charge >= 0.3 is 5.97 Å². The molecule has 0 aliphatic rings. The van der Waals surface area contributed by atoms with Gasteiger partial charge < -0.3 is 9.64 Å². The molecule has 0 bridgehead atoms. The maximum absolute atomic E-state index is 12.8. The third-order valence-electron chi connectivity index (χ3n) is 3.62. The van der Waals surface area contributed by atoms with Crippen LogP contribution in [0.15, 0.2) is 42.5 Å². The summed E-state index contributed by atoms with van der Waals surface area (Å²) >= 11 is 5.76. The molecule has 0 aromatic heterocycles. The summed E-state index contributed by atoms with van der Waals surface area (Å²) in [7, 11) is 3.03. The Kier molecular flexibility index (Phi) is 6.25. The van der Waals surface area contributed by atoms with Crippen LogP contribution < -0.4 is 0 Å². The number of likely N-dealkylation sites (N-methyl/N-ethyl adjacent to an activating group) is 1.